The Bertz CT molecular complexity index is 1240. The lowest BCUT2D eigenvalue weighted by Gasteiger charge is -2.36. The van der Waals surface area contributed by atoms with Crippen molar-refractivity contribution in [2.24, 2.45) is 5.92 Å². The number of aromatic nitrogens is 1. The number of ether oxygens (including phenoxy) is 3. The molecule has 3 aliphatic heterocycles. The molecule has 5 rings (SSSR count). The van der Waals surface area contributed by atoms with E-state index < -0.39 is 17.3 Å². The van der Waals surface area contributed by atoms with Gasteiger partial charge in [-0.05, 0) is 103 Å². The maximum Gasteiger partial charge on any atom is 0.328 e. The predicted octanol–water partition coefficient (Wildman–Crippen LogP) is 6.24. The zero-order valence-electron chi connectivity index (χ0n) is 26.0. The Kier molecular flexibility index (Phi) is 9.43. The number of hydrogen-bond donors (Lipinski definition) is 1. The van der Waals surface area contributed by atoms with Crippen molar-refractivity contribution in [3.8, 4) is 5.75 Å². The lowest BCUT2D eigenvalue weighted by molar-refractivity contribution is -0.161. The van der Waals surface area contributed by atoms with Crippen LogP contribution in [0.15, 0.2) is 30.3 Å². The van der Waals surface area contributed by atoms with Gasteiger partial charge in [-0.25, -0.2) is 14.2 Å². The van der Waals surface area contributed by atoms with Crippen LogP contribution in [0.1, 0.15) is 88.7 Å². The number of nitrogens with one attached hydrogen (secondary N) is 1. The number of unbranched alkanes of at least 4 members (excludes halogenated alkanes) is 1. The summed E-state index contributed by atoms with van der Waals surface area (Å²) in [5, 5.41) is 3.42. The minimum Gasteiger partial charge on any atom is -0.493 e. The number of nitrogens with zero attached hydrogens (tertiary/aromatic N) is 2. The van der Waals surface area contributed by atoms with Crippen LogP contribution in [0, 0.1) is 5.92 Å². The highest BCUT2D eigenvalue weighted by Gasteiger charge is 2.41. The van der Waals surface area contributed by atoms with Crippen LogP contribution in [0.25, 0.3) is 0 Å². The SMILES string of the molecule is CC(C)(C)OC(=O)C(c1cccc2c1C[C@H](C(C)(C)F)CO2)N1CC[C@@H](OCCCCc2ccc3c(n2)NCCC3)C1. The van der Waals surface area contributed by atoms with Gasteiger partial charge < -0.3 is 19.5 Å². The van der Waals surface area contributed by atoms with Crippen LogP contribution in [0.2, 0.25) is 0 Å². The highest BCUT2D eigenvalue weighted by molar-refractivity contribution is 5.79. The molecule has 0 radical (unpaired) electrons. The number of fused-ring (bicyclic) bond motifs is 2. The number of alkyl halides is 1. The molecule has 8 heteroatoms. The van der Waals surface area contributed by atoms with Crippen LogP contribution >= 0.6 is 0 Å². The second kappa shape index (κ2) is 12.9. The van der Waals surface area contributed by atoms with Gasteiger partial charge in [-0.3, -0.25) is 4.90 Å². The van der Waals surface area contributed by atoms with Crippen molar-refractivity contribution in [3.05, 3.63) is 52.7 Å². The zero-order valence-corrected chi connectivity index (χ0v) is 26.0. The summed E-state index contributed by atoms with van der Waals surface area (Å²) in [7, 11) is 0. The lowest BCUT2D eigenvalue weighted by atomic mass is 9.82. The van der Waals surface area contributed by atoms with Crippen molar-refractivity contribution in [3.63, 3.8) is 0 Å². The molecule has 3 atom stereocenters. The molecule has 0 saturated carbocycles. The van der Waals surface area contributed by atoms with Crippen molar-refractivity contribution in [2.45, 2.75) is 103 Å². The smallest absolute Gasteiger partial charge is 0.328 e. The third-order valence-electron chi connectivity index (χ3n) is 8.63. The molecule has 230 valence electrons. The fourth-order valence-corrected chi connectivity index (χ4v) is 6.25. The van der Waals surface area contributed by atoms with Gasteiger partial charge in [-0.1, -0.05) is 18.2 Å². The largest absolute Gasteiger partial charge is 0.493 e. The predicted molar refractivity (Wildman–Crippen MR) is 163 cm³/mol. The molecule has 1 aromatic carbocycles. The van der Waals surface area contributed by atoms with Gasteiger partial charge in [0.1, 0.15) is 28.9 Å². The van der Waals surface area contributed by atoms with Crippen LogP contribution in [0.4, 0.5) is 10.2 Å². The first kappa shape index (κ1) is 30.7. The van der Waals surface area contributed by atoms with Crippen LogP contribution in [0.5, 0.6) is 5.75 Å². The summed E-state index contributed by atoms with van der Waals surface area (Å²) in [6, 6.07) is 9.58. The Morgan fingerprint density at radius 1 is 1.19 bits per heavy atom. The fourth-order valence-electron chi connectivity index (χ4n) is 6.25. The molecule has 0 bridgehead atoms. The van der Waals surface area contributed by atoms with E-state index in [0.717, 1.165) is 73.6 Å². The van der Waals surface area contributed by atoms with Crippen molar-refractivity contribution in [1.29, 1.82) is 0 Å². The number of rotatable bonds is 10. The van der Waals surface area contributed by atoms with Crippen LogP contribution < -0.4 is 10.1 Å². The lowest BCUT2D eigenvalue weighted by Crippen LogP contribution is -2.40. The summed E-state index contributed by atoms with van der Waals surface area (Å²) >= 11 is 0. The summed E-state index contributed by atoms with van der Waals surface area (Å²) in [5.41, 5.74) is 2.20. The van der Waals surface area contributed by atoms with Crippen molar-refractivity contribution in [1.82, 2.24) is 9.88 Å². The summed E-state index contributed by atoms with van der Waals surface area (Å²) in [4.78, 5) is 20.7. The van der Waals surface area contributed by atoms with E-state index in [1.54, 1.807) is 13.8 Å². The van der Waals surface area contributed by atoms with E-state index in [1.165, 1.54) is 12.0 Å². The minimum absolute atomic E-state index is 0.0503. The average Bonchev–Trinajstić information content (AvgIpc) is 3.39. The summed E-state index contributed by atoms with van der Waals surface area (Å²) in [5.74, 6) is 1.21. The molecule has 3 aliphatic rings. The van der Waals surface area contributed by atoms with Crippen LogP contribution in [-0.2, 0) is 33.5 Å². The normalized spacial score (nSPS) is 21.6. The number of hydrogen-bond acceptors (Lipinski definition) is 7. The van der Waals surface area contributed by atoms with E-state index in [1.807, 2.05) is 39.0 Å². The monoisotopic (exact) mass is 581 g/mol. The van der Waals surface area contributed by atoms with E-state index in [0.29, 0.717) is 26.2 Å². The quantitative estimate of drug-likeness (QED) is 0.263. The van der Waals surface area contributed by atoms with E-state index in [9.17, 15) is 9.18 Å². The van der Waals surface area contributed by atoms with Gasteiger partial charge >= 0.3 is 5.97 Å². The molecule has 0 aliphatic carbocycles. The van der Waals surface area contributed by atoms with Crippen LogP contribution in [0.3, 0.4) is 0 Å². The first-order valence-corrected chi connectivity index (χ1v) is 15.7. The third kappa shape index (κ3) is 7.62. The first-order chi connectivity index (χ1) is 20.0. The number of esters is 1. The Labute approximate surface area is 250 Å². The van der Waals surface area contributed by atoms with Gasteiger partial charge in [0.05, 0.1) is 12.7 Å². The molecule has 0 amide bonds. The molecule has 1 N–H and O–H groups in total. The fraction of sp³-hybridized carbons (Fsp3) is 0.647. The van der Waals surface area contributed by atoms with Gasteiger partial charge in [0.2, 0.25) is 0 Å². The highest BCUT2D eigenvalue weighted by Crippen LogP contribution is 2.40. The molecule has 1 unspecified atom stereocenters. The Balaban J connectivity index is 1.21. The summed E-state index contributed by atoms with van der Waals surface area (Å²) in [6.45, 7) is 12.2. The first-order valence-electron chi connectivity index (χ1n) is 15.7. The summed E-state index contributed by atoms with van der Waals surface area (Å²) in [6.07, 6.45) is 6.62. The molecular formula is C34H48FN3O4. The molecule has 1 fully saturated rings. The number of aryl methyl sites for hydroxylation is 2. The van der Waals surface area contributed by atoms with Gasteiger partial charge in [-0.15, -0.1) is 0 Å². The van der Waals surface area contributed by atoms with Gasteiger partial charge in [0.15, 0.2) is 0 Å². The number of anilines is 1. The van der Waals surface area contributed by atoms with Gasteiger partial charge in [-0.2, -0.15) is 0 Å². The summed E-state index contributed by atoms with van der Waals surface area (Å²) < 4.78 is 33.2. The van der Waals surface area contributed by atoms with E-state index >= 15 is 0 Å². The molecule has 0 spiro atoms. The molecule has 1 saturated heterocycles. The second-order valence-corrected chi connectivity index (χ2v) is 13.6. The molecular weight excluding hydrogens is 533 g/mol. The third-order valence-corrected chi connectivity index (χ3v) is 8.63. The number of likely N-dealkylation sites (tertiary alicyclic amines) is 1. The van der Waals surface area contributed by atoms with Crippen molar-refractivity contribution in [2.75, 3.05) is 38.2 Å². The van der Waals surface area contributed by atoms with E-state index in [4.69, 9.17) is 19.2 Å². The number of pyridine rings is 1. The van der Waals surface area contributed by atoms with Gasteiger partial charge in [0.25, 0.3) is 0 Å². The molecule has 7 nitrogen and oxygen atoms in total. The van der Waals surface area contributed by atoms with Crippen LogP contribution in [-0.4, -0.2) is 66.1 Å². The Morgan fingerprint density at radius 2 is 2.02 bits per heavy atom. The second-order valence-electron chi connectivity index (χ2n) is 13.6. The number of halogens is 1. The van der Waals surface area contributed by atoms with E-state index in [2.05, 4.69) is 22.3 Å². The molecule has 4 heterocycles. The topological polar surface area (TPSA) is 72.9 Å². The maximum absolute atomic E-state index is 15.0. The minimum atomic E-state index is -1.38. The standard InChI is InChI=1S/C34H48FN3O4/c1-33(2,3)42-32(39)30(27-12-8-13-29-28(27)20-24(22-41-29)34(4,5)35)38-18-16-26(21-38)40-19-7-6-11-25-15-14-23-10-9-17-36-31(23)37-25/h8,12-15,24,26,30H,6-7,9-11,16-22H2,1-5H3,(H,36,37)/t24-,26+,30?/m0/s1. The molecule has 2 aromatic rings. The van der Waals surface area contributed by atoms with E-state index in [-0.39, 0.29) is 18.0 Å². The zero-order chi connectivity index (χ0) is 29.9. The Morgan fingerprint density at radius 3 is 2.81 bits per heavy atom. The highest BCUT2D eigenvalue weighted by atomic mass is 19.1. The maximum atomic E-state index is 15.0. The van der Waals surface area contributed by atoms with Crippen molar-refractivity contribution < 1.29 is 23.4 Å². The number of carbonyl (C=O) groups is 1. The van der Waals surface area contributed by atoms with Crippen molar-refractivity contribution >= 4 is 11.8 Å². The number of benzene rings is 1. The van der Waals surface area contributed by atoms with Gasteiger partial charge in [0, 0.05) is 43.4 Å². The number of carbonyl (C=O) groups excluding carboxylic acids is 1. The molecule has 1 aromatic heterocycles. The Hall–Kier alpha value is -2.71. The average molecular weight is 582 g/mol. The molecule has 42 heavy (non-hydrogen) atoms.